The summed E-state index contributed by atoms with van der Waals surface area (Å²) in [5, 5.41) is 25.6. The number of nitro groups is 2. The number of nitrogens with one attached hydrogen (secondary N) is 1. The molecule has 1 N–H and O–H groups in total. The number of benzene rings is 2. The molecule has 0 unspecified atom stereocenters. The van der Waals surface area contributed by atoms with Gasteiger partial charge in [-0.15, -0.1) is 0 Å². The minimum Gasteiger partial charge on any atom is -0.465 e. The molecular formula is C14H13N3O6. The molecule has 0 fully saturated rings. The molecule has 0 bridgehead atoms. The van der Waals surface area contributed by atoms with Crippen molar-refractivity contribution in [1.29, 1.82) is 0 Å². The van der Waals surface area contributed by atoms with Crippen molar-refractivity contribution in [1.82, 2.24) is 0 Å². The van der Waals surface area contributed by atoms with Crippen molar-refractivity contribution in [2.24, 2.45) is 0 Å². The van der Waals surface area contributed by atoms with Crippen LogP contribution >= 0.6 is 0 Å². The summed E-state index contributed by atoms with van der Waals surface area (Å²) in [4.78, 5) is 32.4. The fourth-order valence-electron chi connectivity index (χ4n) is 2.20. The lowest BCUT2D eigenvalue weighted by Crippen LogP contribution is -2.17. The lowest BCUT2D eigenvalue weighted by atomic mass is 10.1. The first-order valence-electron chi connectivity index (χ1n) is 6.69. The number of rotatable bonds is 6. The van der Waals surface area contributed by atoms with Crippen LogP contribution in [0.1, 0.15) is 6.92 Å². The molecule has 9 nitrogen and oxygen atoms in total. The number of carbonyl (C=O) groups is 1. The molecule has 2 aromatic carbocycles. The first-order valence-corrected chi connectivity index (χ1v) is 6.69. The molecule has 0 aromatic heterocycles. The molecule has 2 rings (SSSR count). The molecule has 0 amide bonds. The van der Waals surface area contributed by atoms with Crippen LogP contribution < -0.4 is 5.32 Å². The molecule has 0 atom stereocenters. The Balaban J connectivity index is 2.59. The van der Waals surface area contributed by atoms with Gasteiger partial charge in [-0.3, -0.25) is 25.0 Å². The van der Waals surface area contributed by atoms with Crippen molar-refractivity contribution >= 4 is 33.8 Å². The average Bonchev–Trinajstić information content (AvgIpc) is 2.51. The van der Waals surface area contributed by atoms with E-state index in [1.165, 1.54) is 12.1 Å². The third-order valence-electron chi connectivity index (χ3n) is 3.11. The van der Waals surface area contributed by atoms with Crippen LogP contribution in [0.5, 0.6) is 0 Å². The quantitative estimate of drug-likeness (QED) is 0.493. The summed E-state index contributed by atoms with van der Waals surface area (Å²) in [6.45, 7) is 1.54. The Morgan fingerprint density at radius 3 is 2.30 bits per heavy atom. The molecule has 9 heteroatoms. The van der Waals surface area contributed by atoms with Crippen molar-refractivity contribution in [2.75, 3.05) is 18.5 Å². The van der Waals surface area contributed by atoms with E-state index in [0.717, 1.165) is 6.07 Å². The van der Waals surface area contributed by atoms with Gasteiger partial charge < -0.3 is 10.1 Å². The molecule has 0 saturated carbocycles. The minimum absolute atomic E-state index is 0.0456. The Kier molecular flexibility index (Phi) is 4.69. The van der Waals surface area contributed by atoms with Gasteiger partial charge in [-0.05, 0) is 13.0 Å². The summed E-state index contributed by atoms with van der Waals surface area (Å²) in [5.74, 6) is -0.579. The number of nitrogens with zero attached hydrogens (tertiary/aromatic N) is 2. The number of hydrogen-bond donors (Lipinski definition) is 1. The molecule has 0 aliphatic heterocycles. The predicted octanol–water partition coefficient (Wildman–Crippen LogP) is 2.63. The number of fused-ring (bicyclic) bond motifs is 1. The van der Waals surface area contributed by atoms with E-state index >= 15 is 0 Å². The minimum atomic E-state index is -0.729. The van der Waals surface area contributed by atoms with Crippen LogP contribution in [0.25, 0.3) is 10.8 Å². The van der Waals surface area contributed by atoms with E-state index in [4.69, 9.17) is 4.74 Å². The van der Waals surface area contributed by atoms with Crippen molar-refractivity contribution < 1.29 is 19.4 Å². The first-order chi connectivity index (χ1) is 11.0. The standard InChI is InChI=1S/C14H13N3O6/c1-2-23-13(18)8-15-14-10-6-4-3-5-9(10)11(16(19)20)7-12(14)17(21)22/h3-7,15H,2,8H2,1H3. The van der Waals surface area contributed by atoms with Crippen molar-refractivity contribution in [3.8, 4) is 0 Å². The van der Waals surface area contributed by atoms with Gasteiger partial charge in [0, 0.05) is 5.39 Å². The monoisotopic (exact) mass is 319 g/mol. The zero-order valence-corrected chi connectivity index (χ0v) is 12.1. The summed E-state index contributed by atoms with van der Waals surface area (Å²) < 4.78 is 4.76. The number of esters is 1. The molecule has 0 spiro atoms. The largest absolute Gasteiger partial charge is 0.465 e. The molecule has 0 aliphatic carbocycles. The molecule has 120 valence electrons. The Labute approximate surface area is 130 Å². The first kappa shape index (κ1) is 16.1. The Hall–Kier alpha value is -3.23. The van der Waals surface area contributed by atoms with Crippen molar-refractivity contribution in [3.63, 3.8) is 0 Å². The molecule has 0 radical (unpaired) electrons. The topological polar surface area (TPSA) is 125 Å². The zero-order chi connectivity index (χ0) is 17.0. The number of hydrogen-bond acceptors (Lipinski definition) is 7. The fourth-order valence-corrected chi connectivity index (χ4v) is 2.20. The highest BCUT2D eigenvalue weighted by molar-refractivity contribution is 6.04. The van der Waals surface area contributed by atoms with E-state index in [0.29, 0.717) is 0 Å². The van der Waals surface area contributed by atoms with Gasteiger partial charge in [0.05, 0.1) is 27.9 Å². The number of non-ortho nitro benzene ring substituents is 1. The smallest absolute Gasteiger partial charge is 0.325 e. The Bertz CT molecular complexity index is 789. The SMILES string of the molecule is CCOC(=O)CNc1c([N+](=O)[O-])cc([N+](=O)[O-])c2ccccc12. The molecule has 0 heterocycles. The highest BCUT2D eigenvalue weighted by Crippen LogP contribution is 2.39. The van der Waals surface area contributed by atoms with E-state index in [9.17, 15) is 25.0 Å². The second kappa shape index (κ2) is 6.69. The highest BCUT2D eigenvalue weighted by atomic mass is 16.6. The summed E-state index contributed by atoms with van der Waals surface area (Å²) in [7, 11) is 0. The van der Waals surface area contributed by atoms with Crippen molar-refractivity contribution in [2.45, 2.75) is 6.92 Å². The molecule has 0 saturated heterocycles. The summed E-state index contributed by atoms with van der Waals surface area (Å²) in [5.41, 5.74) is -0.794. The second-order valence-electron chi connectivity index (χ2n) is 4.51. The third kappa shape index (κ3) is 3.34. The average molecular weight is 319 g/mol. The predicted molar refractivity (Wildman–Crippen MR) is 82.4 cm³/mol. The number of nitro benzene ring substituents is 2. The lowest BCUT2D eigenvalue weighted by Gasteiger charge is -2.10. The number of carbonyl (C=O) groups excluding carboxylic acids is 1. The van der Waals surface area contributed by atoms with E-state index in [1.807, 2.05) is 0 Å². The van der Waals surface area contributed by atoms with E-state index in [1.54, 1.807) is 19.1 Å². The van der Waals surface area contributed by atoms with Gasteiger partial charge in [0.1, 0.15) is 12.2 Å². The van der Waals surface area contributed by atoms with Crippen LogP contribution in [0, 0.1) is 20.2 Å². The van der Waals surface area contributed by atoms with Crippen LogP contribution in [0.2, 0.25) is 0 Å². The molecule has 2 aromatic rings. The zero-order valence-electron chi connectivity index (χ0n) is 12.1. The summed E-state index contributed by atoms with van der Waals surface area (Å²) >= 11 is 0. The maximum atomic E-state index is 11.4. The maximum absolute atomic E-state index is 11.4. The highest BCUT2D eigenvalue weighted by Gasteiger charge is 2.25. The normalized spacial score (nSPS) is 10.3. The second-order valence-corrected chi connectivity index (χ2v) is 4.51. The van der Waals surface area contributed by atoms with E-state index < -0.39 is 21.5 Å². The Morgan fingerprint density at radius 2 is 1.74 bits per heavy atom. The van der Waals surface area contributed by atoms with Gasteiger partial charge in [-0.2, -0.15) is 0 Å². The number of ether oxygens (including phenoxy) is 1. The molecular weight excluding hydrogens is 306 g/mol. The van der Waals surface area contributed by atoms with Gasteiger partial charge in [0.25, 0.3) is 11.4 Å². The van der Waals surface area contributed by atoms with Crippen LogP contribution in [-0.2, 0) is 9.53 Å². The van der Waals surface area contributed by atoms with Gasteiger partial charge in [-0.1, -0.05) is 18.2 Å². The molecule has 0 aliphatic rings. The van der Waals surface area contributed by atoms with Crippen LogP contribution in [0.3, 0.4) is 0 Å². The summed E-state index contributed by atoms with van der Waals surface area (Å²) in [6, 6.07) is 7.09. The number of anilines is 1. The van der Waals surface area contributed by atoms with Crippen LogP contribution in [-0.4, -0.2) is 29.0 Å². The van der Waals surface area contributed by atoms with Crippen LogP contribution in [0.4, 0.5) is 17.1 Å². The lowest BCUT2D eigenvalue weighted by molar-refractivity contribution is -0.392. The summed E-state index contributed by atoms with van der Waals surface area (Å²) in [6.07, 6.45) is 0. The van der Waals surface area contributed by atoms with Gasteiger partial charge in [0.15, 0.2) is 0 Å². The third-order valence-corrected chi connectivity index (χ3v) is 3.11. The van der Waals surface area contributed by atoms with Gasteiger partial charge >= 0.3 is 5.97 Å². The fraction of sp³-hybridized carbons (Fsp3) is 0.214. The Morgan fingerprint density at radius 1 is 1.13 bits per heavy atom. The van der Waals surface area contributed by atoms with Crippen molar-refractivity contribution in [3.05, 3.63) is 50.6 Å². The maximum Gasteiger partial charge on any atom is 0.325 e. The van der Waals surface area contributed by atoms with E-state index in [2.05, 4.69) is 5.32 Å². The van der Waals surface area contributed by atoms with Crippen LogP contribution in [0.15, 0.2) is 30.3 Å². The van der Waals surface area contributed by atoms with Gasteiger partial charge in [0.2, 0.25) is 0 Å². The van der Waals surface area contributed by atoms with E-state index in [-0.39, 0.29) is 35.3 Å². The molecule has 23 heavy (non-hydrogen) atoms. The van der Waals surface area contributed by atoms with Gasteiger partial charge in [-0.25, -0.2) is 0 Å².